The molecular formula is C16H17N5O3. The van der Waals surface area contributed by atoms with E-state index in [1.165, 1.54) is 6.26 Å². The predicted molar refractivity (Wildman–Crippen MR) is 88.7 cm³/mol. The van der Waals surface area contributed by atoms with Crippen molar-refractivity contribution in [2.24, 2.45) is 0 Å². The van der Waals surface area contributed by atoms with Crippen LogP contribution in [0.5, 0.6) is 0 Å². The zero-order chi connectivity index (χ0) is 16.8. The molecule has 1 aromatic carbocycles. The molecule has 8 nitrogen and oxygen atoms in total. The molecule has 3 rings (SSSR count). The van der Waals surface area contributed by atoms with Gasteiger partial charge >= 0.3 is 6.03 Å². The van der Waals surface area contributed by atoms with Crippen molar-refractivity contribution in [1.82, 2.24) is 14.8 Å². The fourth-order valence-electron chi connectivity index (χ4n) is 2.11. The number of hydrogen-bond acceptors (Lipinski definition) is 5. The van der Waals surface area contributed by atoms with Crippen LogP contribution in [0.3, 0.4) is 0 Å². The number of anilines is 2. The summed E-state index contributed by atoms with van der Waals surface area (Å²) in [5.41, 5.74) is 1.41. The molecule has 2 N–H and O–H groups in total. The molecule has 0 atom stereocenters. The summed E-state index contributed by atoms with van der Waals surface area (Å²) in [5, 5.41) is 9.66. The Labute approximate surface area is 138 Å². The van der Waals surface area contributed by atoms with Crippen molar-refractivity contribution in [2.75, 3.05) is 24.4 Å². The average Bonchev–Trinajstić information content (AvgIpc) is 3.25. The minimum Gasteiger partial charge on any atom is -0.445 e. The molecule has 0 aliphatic carbocycles. The summed E-state index contributed by atoms with van der Waals surface area (Å²) in [7, 11) is 1.63. The van der Waals surface area contributed by atoms with Crippen LogP contribution in [0.2, 0.25) is 0 Å². The molecule has 2 heterocycles. The number of urea groups is 1. The van der Waals surface area contributed by atoms with E-state index < -0.39 is 0 Å². The third-order valence-corrected chi connectivity index (χ3v) is 3.21. The van der Waals surface area contributed by atoms with E-state index in [1.54, 1.807) is 42.4 Å². The lowest BCUT2D eigenvalue weighted by molar-refractivity contribution is 0.183. The van der Waals surface area contributed by atoms with Gasteiger partial charge in [-0.05, 0) is 18.2 Å². The van der Waals surface area contributed by atoms with Crippen LogP contribution in [-0.2, 0) is 11.3 Å². The highest BCUT2D eigenvalue weighted by Crippen LogP contribution is 2.21. The van der Waals surface area contributed by atoms with Gasteiger partial charge in [-0.3, -0.25) is 10.00 Å². The number of nitrogens with one attached hydrogen (secondary N) is 2. The highest BCUT2D eigenvalue weighted by Gasteiger charge is 2.08. The number of methoxy groups -OCH3 is 1. The minimum atomic E-state index is -0.378. The summed E-state index contributed by atoms with van der Waals surface area (Å²) in [4.78, 5) is 16.2. The van der Waals surface area contributed by atoms with E-state index in [1.807, 2.05) is 12.1 Å². The maximum absolute atomic E-state index is 12.1. The number of carbonyl (C=O) groups excluding carboxylic acids is 1. The first kappa shape index (κ1) is 15.8. The van der Waals surface area contributed by atoms with Crippen LogP contribution in [0, 0.1) is 0 Å². The van der Waals surface area contributed by atoms with E-state index in [4.69, 9.17) is 9.15 Å². The number of benzene rings is 1. The van der Waals surface area contributed by atoms with Gasteiger partial charge in [0.15, 0.2) is 5.82 Å². The van der Waals surface area contributed by atoms with Gasteiger partial charge in [0.2, 0.25) is 5.89 Å². The number of amides is 2. The van der Waals surface area contributed by atoms with Gasteiger partial charge in [0, 0.05) is 30.6 Å². The van der Waals surface area contributed by atoms with E-state index in [9.17, 15) is 4.79 Å². The van der Waals surface area contributed by atoms with Gasteiger partial charge in [0.1, 0.15) is 6.26 Å². The zero-order valence-electron chi connectivity index (χ0n) is 13.1. The Kier molecular flexibility index (Phi) is 4.87. The summed E-state index contributed by atoms with van der Waals surface area (Å²) in [5.74, 6) is 0.961. The van der Waals surface area contributed by atoms with Gasteiger partial charge in [-0.1, -0.05) is 6.07 Å². The van der Waals surface area contributed by atoms with Crippen LogP contribution < -0.4 is 10.6 Å². The first-order valence-corrected chi connectivity index (χ1v) is 7.35. The first-order chi connectivity index (χ1) is 11.7. The molecule has 24 heavy (non-hydrogen) atoms. The molecule has 0 fully saturated rings. The molecule has 124 valence electrons. The van der Waals surface area contributed by atoms with E-state index in [0.717, 1.165) is 5.56 Å². The lowest BCUT2D eigenvalue weighted by atomic mass is 10.2. The SMILES string of the molecule is COCCn1ccc(NC(=O)Nc2cccc(-c3ncco3)c2)n1. The average molecular weight is 327 g/mol. The second kappa shape index (κ2) is 7.42. The van der Waals surface area contributed by atoms with Crippen molar-refractivity contribution in [3.63, 3.8) is 0 Å². The summed E-state index contributed by atoms with van der Waals surface area (Å²) in [6.07, 6.45) is 4.85. The molecule has 0 aliphatic heterocycles. The Balaban J connectivity index is 1.61. The van der Waals surface area contributed by atoms with Crippen molar-refractivity contribution >= 4 is 17.5 Å². The smallest absolute Gasteiger partial charge is 0.324 e. The third kappa shape index (κ3) is 3.99. The second-order valence-corrected chi connectivity index (χ2v) is 4.95. The third-order valence-electron chi connectivity index (χ3n) is 3.21. The van der Waals surface area contributed by atoms with E-state index >= 15 is 0 Å². The Bertz CT molecular complexity index is 798. The van der Waals surface area contributed by atoms with Crippen LogP contribution in [0.15, 0.2) is 53.4 Å². The van der Waals surface area contributed by atoms with Gasteiger partial charge in [-0.2, -0.15) is 5.10 Å². The number of carbonyl (C=O) groups is 1. The molecule has 0 bridgehead atoms. The maximum atomic E-state index is 12.1. The predicted octanol–water partition coefficient (Wildman–Crippen LogP) is 2.83. The number of rotatable bonds is 6. The van der Waals surface area contributed by atoms with Gasteiger partial charge in [0.05, 0.1) is 19.3 Å². The normalized spacial score (nSPS) is 10.5. The highest BCUT2D eigenvalue weighted by atomic mass is 16.5. The largest absolute Gasteiger partial charge is 0.445 e. The first-order valence-electron chi connectivity index (χ1n) is 7.35. The molecular weight excluding hydrogens is 310 g/mol. The fraction of sp³-hybridized carbons (Fsp3) is 0.188. The van der Waals surface area contributed by atoms with E-state index in [2.05, 4.69) is 20.7 Å². The summed E-state index contributed by atoms with van der Waals surface area (Å²) >= 11 is 0. The summed E-state index contributed by atoms with van der Waals surface area (Å²) in [6.45, 7) is 1.18. The molecule has 2 aromatic heterocycles. The molecule has 0 saturated carbocycles. The van der Waals surface area contributed by atoms with Gasteiger partial charge in [-0.15, -0.1) is 0 Å². The summed E-state index contributed by atoms with van der Waals surface area (Å²) < 4.78 is 11.9. The molecule has 2 amide bonds. The van der Waals surface area contributed by atoms with Crippen molar-refractivity contribution in [3.8, 4) is 11.5 Å². The van der Waals surface area contributed by atoms with Gasteiger partial charge in [0.25, 0.3) is 0 Å². The van der Waals surface area contributed by atoms with Gasteiger partial charge in [-0.25, -0.2) is 9.78 Å². The minimum absolute atomic E-state index is 0.378. The number of oxazole rings is 1. The van der Waals surface area contributed by atoms with Crippen LogP contribution in [0.25, 0.3) is 11.5 Å². The van der Waals surface area contributed by atoms with E-state index in [-0.39, 0.29) is 6.03 Å². The molecule has 0 spiro atoms. The van der Waals surface area contributed by atoms with Crippen LogP contribution in [0.1, 0.15) is 0 Å². The Morgan fingerprint density at radius 2 is 2.25 bits per heavy atom. The number of aromatic nitrogens is 3. The highest BCUT2D eigenvalue weighted by molar-refractivity contribution is 5.99. The topological polar surface area (TPSA) is 94.2 Å². The molecule has 3 aromatic rings. The monoisotopic (exact) mass is 327 g/mol. The lowest BCUT2D eigenvalue weighted by Gasteiger charge is -2.06. The van der Waals surface area contributed by atoms with Crippen molar-refractivity contribution in [1.29, 1.82) is 0 Å². The quantitative estimate of drug-likeness (QED) is 0.726. The molecule has 0 aliphatic rings. The molecule has 8 heteroatoms. The van der Waals surface area contributed by atoms with E-state index in [0.29, 0.717) is 30.5 Å². The zero-order valence-corrected chi connectivity index (χ0v) is 13.1. The fourth-order valence-corrected chi connectivity index (χ4v) is 2.11. The van der Waals surface area contributed by atoms with Crippen molar-refractivity contribution < 1.29 is 13.9 Å². The Morgan fingerprint density at radius 3 is 3.04 bits per heavy atom. The standard InChI is InChI=1S/C16H17N5O3/c1-23-10-8-21-7-5-14(20-21)19-16(22)18-13-4-2-3-12(11-13)15-17-6-9-24-15/h2-7,9,11H,8,10H2,1H3,(H2,18,19,20,22). The Morgan fingerprint density at radius 1 is 1.33 bits per heavy atom. The van der Waals surface area contributed by atoms with Crippen LogP contribution in [-0.4, -0.2) is 34.5 Å². The summed E-state index contributed by atoms with van der Waals surface area (Å²) in [6, 6.07) is 8.57. The number of nitrogens with zero attached hydrogens (tertiary/aromatic N) is 3. The van der Waals surface area contributed by atoms with Crippen molar-refractivity contribution in [3.05, 3.63) is 49.0 Å². The van der Waals surface area contributed by atoms with Crippen LogP contribution >= 0.6 is 0 Å². The number of ether oxygens (including phenoxy) is 1. The van der Waals surface area contributed by atoms with Crippen LogP contribution in [0.4, 0.5) is 16.3 Å². The maximum Gasteiger partial charge on any atom is 0.324 e. The number of hydrogen-bond donors (Lipinski definition) is 2. The van der Waals surface area contributed by atoms with Crippen molar-refractivity contribution in [2.45, 2.75) is 6.54 Å². The molecule has 0 unspecified atom stereocenters. The molecule has 0 saturated heterocycles. The Hall–Kier alpha value is -3.13. The second-order valence-electron chi connectivity index (χ2n) is 4.95. The molecule has 0 radical (unpaired) electrons. The lowest BCUT2D eigenvalue weighted by Crippen LogP contribution is -2.20. The van der Waals surface area contributed by atoms with Gasteiger partial charge < -0.3 is 14.5 Å².